The summed E-state index contributed by atoms with van der Waals surface area (Å²) in [6, 6.07) is 3.76. The second kappa shape index (κ2) is 13.9. The fourth-order valence-corrected chi connectivity index (χ4v) is 5.12. The van der Waals surface area contributed by atoms with E-state index in [2.05, 4.69) is 21.1 Å². The largest absolute Gasteiger partial charge is 0.435 e. The zero-order chi connectivity index (χ0) is 32.9. The van der Waals surface area contributed by atoms with Crippen LogP contribution in [-0.4, -0.2) is 49.2 Å². The van der Waals surface area contributed by atoms with Gasteiger partial charge in [0.05, 0.1) is 28.2 Å². The van der Waals surface area contributed by atoms with Crippen molar-refractivity contribution >= 4 is 56.9 Å². The summed E-state index contributed by atoms with van der Waals surface area (Å²) < 4.78 is 109. The Morgan fingerprint density at radius 3 is 2.19 bits per heavy atom. The fraction of sp³-hybridized carbons (Fsp3) is 0.296. The molecule has 0 heterocycles. The van der Waals surface area contributed by atoms with Gasteiger partial charge in [-0.25, -0.2) is 8.78 Å². The third kappa shape index (κ3) is 7.20. The molecule has 0 saturated heterocycles. The number of benzene rings is 2. The molecule has 0 aliphatic rings. The van der Waals surface area contributed by atoms with E-state index in [1.54, 1.807) is 6.92 Å². The Hall–Kier alpha value is -3.46. The van der Waals surface area contributed by atoms with Crippen molar-refractivity contribution in [1.82, 2.24) is 0 Å². The summed E-state index contributed by atoms with van der Waals surface area (Å²) in [6.07, 6.45) is -7.48. The van der Waals surface area contributed by atoms with Crippen LogP contribution < -0.4 is 9.80 Å². The molecule has 2 rings (SSSR count). The maximum Gasteiger partial charge on any atom is 0.435 e. The molecule has 1 N–H and O–H groups in total. The lowest BCUT2D eigenvalue weighted by Crippen LogP contribution is -2.50. The predicted molar refractivity (Wildman–Crippen MR) is 149 cm³/mol. The van der Waals surface area contributed by atoms with E-state index in [-0.39, 0.29) is 29.9 Å². The molecule has 0 spiro atoms. The van der Waals surface area contributed by atoms with Crippen molar-refractivity contribution in [2.45, 2.75) is 38.3 Å². The molecule has 0 saturated carbocycles. The van der Waals surface area contributed by atoms with E-state index in [4.69, 9.17) is 16.8 Å². The molecule has 0 atom stereocenters. The van der Waals surface area contributed by atoms with Gasteiger partial charge in [-0.1, -0.05) is 35.8 Å². The van der Waals surface area contributed by atoms with Gasteiger partial charge in [-0.05, 0) is 65.7 Å². The van der Waals surface area contributed by atoms with Crippen molar-refractivity contribution < 1.29 is 49.9 Å². The zero-order valence-electron chi connectivity index (χ0n) is 22.5. The zero-order valence-corrected chi connectivity index (χ0v) is 24.8. The summed E-state index contributed by atoms with van der Waals surface area (Å²) in [5.41, 5.74) is -9.02. The van der Waals surface area contributed by atoms with Crippen LogP contribution in [0.25, 0.3) is 0 Å². The van der Waals surface area contributed by atoms with Gasteiger partial charge < -0.3 is 15.0 Å². The number of rotatable bonds is 9. The van der Waals surface area contributed by atoms with E-state index in [0.717, 1.165) is 24.2 Å². The van der Waals surface area contributed by atoms with Gasteiger partial charge >= 0.3 is 18.0 Å². The van der Waals surface area contributed by atoms with Crippen molar-refractivity contribution in [3.8, 4) is 0 Å². The molecular formula is C27H23BrClF8N3O3. The van der Waals surface area contributed by atoms with Gasteiger partial charge in [0.2, 0.25) is 0 Å². The van der Waals surface area contributed by atoms with Gasteiger partial charge in [0.15, 0.2) is 5.82 Å². The number of nitrogens with zero attached hydrogens (tertiary/aromatic N) is 3. The average molecular weight is 705 g/mol. The quantitative estimate of drug-likeness (QED) is 0.0711. The van der Waals surface area contributed by atoms with Crippen LogP contribution in [0.15, 0.2) is 63.8 Å². The first-order valence-electron chi connectivity index (χ1n) is 12.1. The lowest BCUT2D eigenvalue weighted by molar-refractivity contribution is -0.348. The van der Waals surface area contributed by atoms with Gasteiger partial charge in [-0.2, -0.15) is 26.3 Å². The molecule has 0 radical (unpaired) electrons. The Kier molecular flexibility index (Phi) is 11.5. The summed E-state index contributed by atoms with van der Waals surface area (Å²) >= 11 is 8.71. The lowest BCUT2D eigenvalue weighted by Gasteiger charge is -2.31. The first kappa shape index (κ1) is 35.7. The Morgan fingerprint density at radius 1 is 1.09 bits per heavy atom. The first-order valence-corrected chi connectivity index (χ1v) is 13.3. The average Bonchev–Trinajstić information content (AvgIpc) is 2.91. The van der Waals surface area contributed by atoms with E-state index in [0.29, 0.717) is 11.3 Å². The maximum absolute atomic E-state index is 15.8. The second-order valence-electron chi connectivity index (χ2n) is 8.77. The number of hydrogen-bond donors (Lipinski definition) is 1. The molecule has 16 heteroatoms. The Labute approximate surface area is 254 Å². The van der Waals surface area contributed by atoms with Crippen LogP contribution in [0, 0.1) is 5.82 Å². The van der Waals surface area contributed by atoms with Gasteiger partial charge in [0.25, 0.3) is 11.8 Å². The fourth-order valence-electron chi connectivity index (χ4n) is 3.94. The van der Waals surface area contributed by atoms with Crippen LogP contribution in [0.5, 0.6) is 0 Å². The van der Waals surface area contributed by atoms with Crippen LogP contribution in [-0.2, 0) is 10.5 Å². The van der Waals surface area contributed by atoms with Crippen molar-refractivity contribution in [2.24, 2.45) is 5.16 Å². The van der Waals surface area contributed by atoms with Crippen LogP contribution in [0.1, 0.15) is 36.2 Å². The molecule has 6 nitrogen and oxygen atoms in total. The van der Waals surface area contributed by atoms with Crippen LogP contribution in [0.2, 0.25) is 5.02 Å². The minimum atomic E-state index is -6.41. The summed E-state index contributed by atoms with van der Waals surface area (Å²) in [5, 5.41) is 10.5. The second-order valence-corrected chi connectivity index (χ2v) is 10.0. The molecule has 234 valence electrons. The van der Waals surface area contributed by atoms with Crippen molar-refractivity contribution in [1.29, 1.82) is 0 Å². The number of anilines is 2. The maximum atomic E-state index is 15.8. The number of hydrogen-bond acceptors (Lipinski definition) is 4. The van der Waals surface area contributed by atoms with Gasteiger partial charge in [0, 0.05) is 29.2 Å². The number of carbonyl (C=O) groups is 2. The number of carbonyl (C=O) groups excluding carboxylic acids is 2. The van der Waals surface area contributed by atoms with Gasteiger partial charge in [-0.3, -0.25) is 9.59 Å². The van der Waals surface area contributed by atoms with Crippen molar-refractivity contribution in [3.05, 3.63) is 80.6 Å². The summed E-state index contributed by atoms with van der Waals surface area (Å²) in [7, 11) is 1.01. The van der Waals surface area contributed by atoms with Crippen LogP contribution in [0.3, 0.4) is 0 Å². The third-order valence-corrected chi connectivity index (χ3v) is 6.91. The Bertz CT molecular complexity index is 1420. The highest BCUT2D eigenvalue weighted by molar-refractivity contribution is 9.10. The number of halogens is 10. The molecule has 2 amide bonds. The smallest absolute Gasteiger partial charge is 0.411 e. The normalized spacial score (nSPS) is 13.2. The highest BCUT2D eigenvalue weighted by Gasteiger charge is 2.73. The SMILES string of the molecule is C\C=C(/C=C\C=N\O)C(=O)N(CCC)c1cccc(C(=O)N(C)c2c(Cl)cc(C(F)(C(F)(F)F)C(F)(F)F)cc2Br)c1F. The predicted octanol–water partition coefficient (Wildman–Crippen LogP) is 8.51. The number of amides is 2. The molecule has 2 aromatic carbocycles. The minimum absolute atomic E-state index is 0.00470. The van der Waals surface area contributed by atoms with E-state index < -0.39 is 62.0 Å². The molecule has 0 bridgehead atoms. The molecule has 0 aromatic heterocycles. The highest BCUT2D eigenvalue weighted by atomic mass is 79.9. The highest BCUT2D eigenvalue weighted by Crippen LogP contribution is 2.54. The Morgan fingerprint density at radius 2 is 1.70 bits per heavy atom. The standard InChI is InChI=1S/C27H23BrClF8N3O3/c1-4-12-40(23(41)15(5-2)8-7-11-38-43)20-10-6-9-17(21(20)30)24(42)39(3)22-18(28)13-16(14-19(22)29)25(31,26(32,33)34)27(35,36)37/h5-11,13-14,43H,4,12H2,1-3H3/b8-7-,15-5+,38-11+. The molecule has 2 aromatic rings. The first-order chi connectivity index (χ1) is 19.9. The van der Waals surface area contributed by atoms with Gasteiger partial charge in [0.1, 0.15) is 0 Å². The van der Waals surface area contributed by atoms with Crippen LogP contribution >= 0.6 is 27.5 Å². The molecule has 0 unspecified atom stereocenters. The number of allylic oxidation sites excluding steroid dienone is 2. The molecular weight excluding hydrogens is 682 g/mol. The lowest BCUT2D eigenvalue weighted by atomic mass is 9.94. The van der Waals surface area contributed by atoms with E-state index in [9.17, 15) is 40.3 Å². The van der Waals surface area contributed by atoms with Crippen molar-refractivity contribution in [3.63, 3.8) is 0 Å². The third-order valence-electron chi connectivity index (χ3n) is 6.01. The molecule has 0 aliphatic carbocycles. The number of alkyl halides is 7. The monoisotopic (exact) mass is 703 g/mol. The number of oxime groups is 1. The van der Waals surface area contributed by atoms with Gasteiger partial charge in [-0.15, -0.1) is 0 Å². The van der Waals surface area contributed by atoms with Crippen molar-refractivity contribution in [2.75, 3.05) is 23.4 Å². The summed E-state index contributed by atoms with van der Waals surface area (Å²) in [6.45, 7) is 3.24. The summed E-state index contributed by atoms with van der Waals surface area (Å²) in [5.74, 6) is -2.99. The summed E-state index contributed by atoms with van der Waals surface area (Å²) in [4.78, 5) is 28.2. The molecule has 43 heavy (non-hydrogen) atoms. The molecule has 0 aliphatic heterocycles. The van der Waals surface area contributed by atoms with E-state index in [1.165, 1.54) is 37.3 Å². The minimum Gasteiger partial charge on any atom is -0.411 e. The van der Waals surface area contributed by atoms with E-state index >= 15 is 4.39 Å². The Balaban J connectivity index is 2.60. The topological polar surface area (TPSA) is 73.2 Å². The molecule has 0 fully saturated rings. The van der Waals surface area contributed by atoms with E-state index in [1.807, 2.05) is 0 Å². The van der Waals surface area contributed by atoms with Crippen LogP contribution in [0.4, 0.5) is 46.5 Å².